The number of aromatic nitrogens is 3. The standard InChI is InChI=1S/C15H20N4O2/c1-4-6-11-7-9-12(10-8-11)21-15-18-13(16-3)17-14(19-15)20-5-2/h7-10H,4-6H2,1-3H3,(H,16,17,18,19). The number of nitrogens with zero attached hydrogens (tertiary/aromatic N) is 3. The van der Waals surface area contributed by atoms with Gasteiger partial charge in [-0.2, -0.15) is 9.97 Å². The SMILES string of the molecule is CCCc1ccc(Oc2nc(NC)nc(OCC)n2)cc1. The van der Waals surface area contributed by atoms with E-state index in [1.54, 1.807) is 7.05 Å². The predicted molar refractivity (Wildman–Crippen MR) is 81.1 cm³/mol. The summed E-state index contributed by atoms with van der Waals surface area (Å²) in [5.41, 5.74) is 1.28. The van der Waals surface area contributed by atoms with E-state index in [-0.39, 0.29) is 12.0 Å². The van der Waals surface area contributed by atoms with Crippen molar-refractivity contribution in [2.24, 2.45) is 0 Å². The van der Waals surface area contributed by atoms with E-state index in [4.69, 9.17) is 9.47 Å². The van der Waals surface area contributed by atoms with E-state index in [0.29, 0.717) is 18.3 Å². The number of nitrogens with one attached hydrogen (secondary N) is 1. The van der Waals surface area contributed by atoms with Crippen molar-refractivity contribution in [1.29, 1.82) is 0 Å². The second-order valence-electron chi connectivity index (χ2n) is 4.40. The van der Waals surface area contributed by atoms with Gasteiger partial charge < -0.3 is 14.8 Å². The van der Waals surface area contributed by atoms with Crippen LogP contribution in [0.1, 0.15) is 25.8 Å². The summed E-state index contributed by atoms with van der Waals surface area (Å²) >= 11 is 0. The van der Waals surface area contributed by atoms with Crippen LogP contribution in [0.2, 0.25) is 0 Å². The van der Waals surface area contributed by atoms with Crippen LogP contribution in [0.4, 0.5) is 5.95 Å². The Morgan fingerprint density at radius 2 is 1.71 bits per heavy atom. The van der Waals surface area contributed by atoms with Crippen molar-refractivity contribution in [1.82, 2.24) is 15.0 Å². The molecule has 0 aliphatic rings. The average molecular weight is 288 g/mol. The number of hydrogen-bond donors (Lipinski definition) is 1. The third-order valence-corrected chi connectivity index (χ3v) is 2.76. The van der Waals surface area contributed by atoms with Gasteiger partial charge in [0.25, 0.3) is 0 Å². The fourth-order valence-corrected chi connectivity index (χ4v) is 1.81. The zero-order valence-electron chi connectivity index (χ0n) is 12.6. The molecule has 0 aliphatic carbocycles. The van der Waals surface area contributed by atoms with Crippen LogP contribution in [-0.2, 0) is 6.42 Å². The lowest BCUT2D eigenvalue weighted by Gasteiger charge is -2.08. The van der Waals surface area contributed by atoms with Gasteiger partial charge in [0, 0.05) is 7.05 Å². The molecule has 6 nitrogen and oxygen atoms in total. The summed E-state index contributed by atoms with van der Waals surface area (Å²) in [5.74, 6) is 1.09. The predicted octanol–water partition coefficient (Wildman–Crippen LogP) is 3.06. The molecule has 0 amide bonds. The molecule has 0 bridgehead atoms. The van der Waals surface area contributed by atoms with E-state index >= 15 is 0 Å². The molecule has 0 aliphatic heterocycles. The first-order chi connectivity index (χ1) is 10.2. The lowest BCUT2D eigenvalue weighted by molar-refractivity contribution is 0.304. The molecule has 21 heavy (non-hydrogen) atoms. The number of hydrogen-bond acceptors (Lipinski definition) is 6. The topological polar surface area (TPSA) is 69.2 Å². The molecule has 112 valence electrons. The molecule has 0 atom stereocenters. The molecule has 1 heterocycles. The van der Waals surface area contributed by atoms with Crippen molar-refractivity contribution < 1.29 is 9.47 Å². The minimum absolute atomic E-state index is 0.209. The van der Waals surface area contributed by atoms with Crippen LogP contribution < -0.4 is 14.8 Å². The minimum atomic E-state index is 0.209. The molecular formula is C15H20N4O2. The maximum atomic E-state index is 5.66. The first-order valence-corrected chi connectivity index (χ1v) is 7.08. The molecule has 1 aromatic heterocycles. The van der Waals surface area contributed by atoms with Gasteiger partial charge in [0.05, 0.1) is 6.61 Å². The van der Waals surface area contributed by atoms with E-state index in [0.717, 1.165) is 12.8 Å². The van der Waals surface area contributed by atoms with Gasteiger partial charge in [0.2, 0.25) is 5.95 Å². The largest absolute Gasteiger partial charge is 0.464 e. The van der Waals surface area contributed by atoms with Gasteiger partial charge >= 0.3 is 12.0 Å². The fourth-order valence-electron chi connectivity index (χ4n) is 1.81. The zero-order chi connectivity index (χ0) is 15.1. The van der Waals surface area contributed by atoms with Crippen molar-refractivity contribution in [2.75, 3.05) is 19.0 Å². The number of ether oxygens (including phenoxy) is 2. The Morgan fingerprint density at radius 1 is 1.00 bits per heavy atom. The minimum Gasteiger partial charge on any atom is -0.464 e. The summed E-state index contributed by atoms with van der Waals surface area (Å²) in [7, 11) is 1.73. The van der Waals surface area contributed by atoms with Crippen LogP contribution >= 0.6 is 0 Å². The van der Waals surface area contributed by atoms with Gasteiger partial charge in [0.15, 0.2) is 0 Å². The highest BCUT2D eigenvalue weighted by Crippen LogP contribution is 2.21. The molecule has 0 unspecified atom stereocenters. The Bertz CT molecular complexity index is 572. The van der Waals surface area contributed by atoms with Gasteiger partial charge in [-0.3, -0.25) is 0 Å². The van der Waals surface area contributed by atoms with Crippen molar-refractivity contribution in [2.45, 2.75) is 26.7 Å². The van der Waals surface area contributed by atoms with Crippen molar-refractivity contribution in [3.63, 3.8) is 0 Å². The zero-order valence-corrected chi connectivity index (χ0v) is 12.6. The van der Waals surface area contributed by atoms with E-state index in [1.807, 2.05) is 31.2 Å². The lowest BCUT2D eigenvalue weighted by atomic mass is 10.1. The number of rotatable bonds is 7. The van der Waals surface area contributed by atoms with E-state index < -0.39 is 0 Å². The molecule has 0 saturated heterocycles. The van der Waals surface area contributed by atoms with Crippen molar-refractivity contribution in [3.05, 3.63) is 29.8 Å². The summed E-state index contributed by atoms with van der Waals surface area (Å²) < 4.78 is 11.0. The van der Waals surface area contributed by atoms with Crippen LogP contribution in [0.25, 0.3) is 0 Å². The highest BCUT2D eigenvalue weighted by molar-refractivity contribution is 5.31. The summed E-state index contributed by atoms with van der Waals surface area (Å²) in [6.45, 7) is 4.51. The summed E-state index contributed by atoms with van der Waals surface area (Å²) in [6.07, 6.45) is 2.18. The second-order valence-corrected chi connectivity index (χ2v) is 4.40. The molecule has 2 aromatic rings. The Kier molecular flexibility index (Phi) is 5.31. The van der Waals surface area contributed by atoms with Gasteiger partial charge in [-0.25, -0.2) is 0 Å². The number of benzene rings is 1. The van der Waals surface area contributed by atoms with Crippen molar-refractivity contribution >= 4 is 5.95 Å². The number of aryl methyl sites for hydroxylation is 1. The maximum absolute atomic E-state index is 5.66. The quantitative estimate of drug-likeness (QED) is 0.844. The molecule has 0 saturated carbocycles. The molecule has 6 heteroatoms. The normalized spacial score (nSPS) is 10.2. The van der Waals surface area contributed by atoms with Crippen LogP contribution in [0, 0.1) is 0 Å². The van der Waals surface area contributed by atoms with Crippen molar-refractivity contribution in [3.8, 4) is 17.8 Å². The molecule has 0 fully saturated rings. The van der Waals surface area contributed by atoms with E-state index in [2.05, 4.69) is 27.2 Å². The summed E-state index contributed by atoms with van der Waals surface area (Å²) in [6, 6.07) is 8.36. The Hall–Kier alpha value is -2.37. The smallest absolute Gasteiger partial charge is 0.330 e. The number of anilines is 1. The molecular weight excluding hydrogens is 268 g/mol. The second kappa shape index (κ2) is 7.42. The van der Waals surface area contributed by atoms with E-state index in [1.165, 1.54) is 5.56 Å². The third kappa shape index (κ3) is 4.30. The third-order valence-electron chi connectivity index (χ3n) is 2.76. The van der Waals surface area contributed by atoms with Gasteiger partial charge in [0.1, 0.15) is 5.75 Å². The maximum Gasteiger partial charge on any atom is 0.330 e. The average Bonchev–Trinajstić information content (AvgIpc) is 2.49. The van der Waals surface area contributed by atoms with Crippen LogP contribution in [0.15, 0.2) is 24.3 Å². The van der Waals surface area contributed by atoms with Gasteiger partial charge in [-0.1, -0.05) is 25.5 Å². The Morgan fingerprint density at radius 3 is 2.33 bits per heavy atom. The summed E-state index contributed by atoms with van der Waals surface area (Å²) in [5, 5.41) is 2.86. The van der Waals surface area contributed by atoms with Crippen LogP contribution in [0.5, 0.6) is 17.8 Å². The monoisotopic (exact) mass is 288 g/mol. The summed E-state index contributed by atoms with van der Waals surface area (Å²) in [4.78, 5) is 12.4. The Balaban J connectivity index is 2.15. The first kappa shape index (κ1) is 15.0. The Labute approximate surface area is 124 Å². The van der Waals surface area contributed by atoms with Crippen LogP contribution in [0.3, 0.4) is 0 Å². The molecule has 2 rings (SSSR count). The fraction of sp³-hybridized carbons (Fsp3) is 0.400. The highest BCUT2D eigenvalue weighted by Gasteiger charge is 2.08. The first-order valence-electron chi connectivity index (χ1n) is 7.08. The molecule has 0 spiro atoms. The lowest BCUT2D eigenvalue weighted by Crippen LogP contribution is -2.05. The van der Waals surface area contributed by atoms with Gasteiger partial charge in [-0.15, -0.1) is 4.98 Å². The molecule has 0 radical (unpaired) electrons. The molecule has 1 N–H and O–H groups in total. The highest BCUT2D eigenvalue weighted by atomic mass is 16.5. The van der Waals surface area contributed by atoms with E-state index in [9.17, 15) is 0 Å². The van der Waals surface area contributed by atoms with Crippen LogP contribution in [-0.4, -0.2) is 28.6 Å². The van der Waals surface area contributed by atoms with Gasteiger partial charge in [-0.05, 0) is 31.0 Å². The molecule has 1 aromatic carbocycles.